The average Bonchev–Trinajstić information content (AvgIpc) is 3.29. The van der Waals surface area contributed by atoms with E-state index in [1.165, 1.54) is 11.3 Å². The van der Waals surface area contributed by atoms with E-state index in [0.29, 0.717) is 19.2 Å². The van der Waals surface area contributed by atoms with Gasteiger partial charge in [0.2, 0.25) is 5.95 Å². The van der Waals surface area contributed by atoms with E-state index in [0.717, 1.165) is 12.2 Å². The van der Waals surface area contributed by atoms with Crippen LogP contribution in [0.15, 0.2) is 36.5 Å². The maximum atomic E-state index is 6.10. The Bertz CT molecular complexity index is 849. The second-order valence-electron chi connectivity index (χ2n) is 9.41. The molecule has 7 heteroatoms. The Kier molecular flexibility index (Phi) is 5.95. The molecule has 2 saturated heterocycles. The molecule has 7 nitrogen and oxygen atoms in total. The molecule has 0 spiro atoms. The van der Waals surface area contributed by atoms with Crippen molar-refractivity contribution in [3.8, 4) is 0 Å². The molecular weight excluding hydrogens is 378 g/mol. The van der Waals surface area contributed by atoms with Gasteiger partial charge in [-0.25, -0.2) is 9.97 Å². The summed E-state index contributed by atoms with van der Waals surface area (Å²) in [5, 5.41) is 7.04. The first kappa shape index (κ1) is 21.0. The molecule has 30 heavy (non-hydrogen) atoms. The molecule has 0 bridgehead atoms. The topological polar surface area (TPSA) is 71.5 Å². The van der Waals surface area contributed by atoms with Gasteiger partial charge in [-0.05, 0) is 23.8 Å². The van der Waals surface area contributed by atoms with Crippen molar-refractivity contribution in [2.45, 2.75) is 57.0 Å². The highest BCUT2D eigenvalue weighted by Gasteiger charge is 2.47. The molecule has 2 aromatic rings. The van der Waals surface area contributed by atoms with E-state index < -0.39 is 0 Å². The van der Waals surface area contributed by atoms with Crippen molar-refractivity contribution in [1.29, 1.82) is 0 Å². The third-order valence-electron chi connectivity index (χ3n) is 5.81. The van der Waals surface area contributed by atoms with Crippen LogP contribution in [0.1, 0.15) is 32.0 Å². The van der Waals surface area contributed by atoms with Crippen molar-refractivity contribution in [2.24, 2.45) is 0 Å². The summed E-state index contributed by atoms with van der Waals surface area (Å²) >= 11 is 0. The van der Waals surface area contributed by atoms with Crippen LogP contribution in [0.4, 0.5) is 11.6 Å². The summed E-state index contributed by atoms with van der Waals surface area (Å²) in [5.41, 5.74) is 3.46. The maximum absolute atomic E-state index is 6.10. The van der Waals surface area contributed by atoms with Gasteiger partial charge in [0.05, 0.1) is 31.0 Å². The molecule has 1 aromatic carbocycles. The van der Waals surface area contributed by atoms with Gasteiger partial charge in [0.15, 0.2) is 0 Å². The summed E-state index contributed by atoms with van der Waals surface area (Å²) in [7, 11) is 4.10. The van der Waals surface area contributed by atoms with Crippen LogP contribution >= 0.6 is 0 Å². The van der Waals surface area contributed by atoms with Gasteiger partial charge in [-0.15, -0.1) is 0 Å². The van der Waals surface area contributed by atoms with Gasteiger partial charge >= 0.3 is 0 Å². The van der Waals surface area contributed by atoms with Gasteiger partial charge in [-0.1, -0.05) is 32.9 Å². The fourth-order valence-electron chi connectivity index (χ4n) is 3.97. The van der Waals surface area contributed by atoms with Crippen LogP contribution in [-0.2, 0) is 21.4 Å². The Balaban J connectivity index is 1.33. The highest BCUT2D eigenvalue weighted by atomic mass is 16.6. The van der Waals surface area contributed by atoms with Crippen molar-refractivity contribution >= 4 is 11.6 Å². The smallest absolute Gasteiger partial charge is 0.223 e. The molecule has 4 rings (SSSR count). The van der Waals surface area contributed by atoms with E-state index in [9.17, 15) is 0 Å². The summed E-state index contributed by atoms with van der Waals surface area (Å²) in [6, 6.07) is 10.8. The lowest BCUT2D eigenvalue weighted by Crippen LogP contribution is -2.41. The molecule has 2 aliphatic rings. The van der Waals surface area contributed by atoms with Gasteiger partial charge < -0.3 is 25.0 Å². The molecule has 2 N–H and O–H groups in total. The van der Waals surface area contributed by atoms with Crippen molar-refractivity contribution < 1.29 is 9.47 Å². The van der Waals surface area contributed by atoms with Crippen LogP contribution in [0, 0.1) is 0 Å². The van der Waals surface area contributed by atoms with Crippen molar-refractivity contribution in [2.75, 3.05) is 37.5 Å². The molecule has 2 aliphatic heterocycles. The predicted octanol–water partition coefficient (Wildman–Crippen LogP) is 2.58. The van der Waals surface area contributed by atoms with Gasteiger partial charge in [0.25, 0.3) is 0 Å². The third kappa shape index (κ3) is 4.58. The minimum absolute atomic E-state index is 0.000472. The first-order valence-electron chi connectivity index (χ1n) is 10.6. The van der Waals surface area contributed by atoms with Crippen LogP contribution in [0.3, 0.4) is 0 Å². The van der Waals surface area contributed by atoms with Crippen molar-refractivity contribution in [3.05, 3.63) is 47.8 Å². The van der Waals surface area contributed by atoms with E-state index >= 15 is 0 Å². The van der Waals surface area contributed by atoms with Crippen molar-refractivity contribution in [3.63, 3.8) is 0 Å². The monoisotopic (exact) mass is 411 g/mol. The molecule has 1 aromatic heterocycles. The first-order valence-corrected chi connectivity index (χ1v) is 10.6. The predicted molar refractivity (Wildman–Crippen MR) is 119 cm³/mol. The van der Waals surface area contributed by atoms with Gasteiger partial charge in [-0.3, -0.25) is 0 Å². The Morgan fingerprint density at radius 3 is 2.33 bits per heavy atom. The standard InChI is InChI=1S/C23H33N5O2/c1-23(2,3)19-10-11-24-22(27-19)26-18-14-30-20-17(13-29-21(18)20)25-12-15-6-8-16(9-7-15)28(4)5/h6-11,17-18,20-21,25H,12-14H2,1-5H3,(H,24,26,27)/t17-,18-,20+,21+/m0/s1. The third-order valence-corrected chi connectivity index (χ3v) is 5.81. The summed E-state index contributed by atoms with van der Waals surface area (Å²) in [5.74, 6) is 0.637. The van der Waals surface area contributed by atoms with Crippen LogP contribution in [0.2, 0.25) is 0 Å². The molecular formula is C23H33N5O2. The maximum Gasteiger partial charge on any atom is 0.223 e. The Hall–Kier alpha value is -2.22. The lowest BCUT2D eigenvalue weighted by atomic mass is 9.92. The Morgan fingerprint density at radius 2 is 1.67 bits per heavy atom. The zero-order chi connectivity index (χ0) is 21.3. The van der Waals surface area contributed by atoms with Gasteiger partial charge in [-0.2, -0.15) is 0 Å². The number of hydrogen-bond acceptors (Lipinski definition) is 7. The van der Waals surface area contributed by atoms with E-state index in [4.69, 9.17) is 9.47 Å². The fraction of sp³-hybridized carbons (Fsp3) is 0.565. The number of ether oxygens (including phenoxy) is 2. The number of benzene rings is 1. The SMILES string of the molecule is CN(C)c1ccc(CN[C@H]2CO[C@H]3[C@@H]2OC[C@@H]3Nc2nccc(C(C)(C)C)n2)cc1. The number of rotatable bonds is 6. The molecule has 0 aliphatic carbocycles. The van der Waals surface area contributed by atoms with E-state index in [2.05, 4.69) is 84.6 Å². The zero-order valence-electron chi connectivity index (χ0n) is 18.6. The van der Waals surface area contributed by atoms with E-state index in [-0.39, 0.29) is 29.7 Å². The van der Waals surface area contributed by atoms with Crippen LogP contribution in [0.5, 0.6) is 0 Å². The number of hydrogen-bond donors (Lipinski definition) is 2. The number of anilines is 2. The summed E-state index contributed by atoms with van der Waals surface area (Å²) in [6.45, 7) is 8.48. The number of aromatic nitrogens is 2. The Labute approximate surface area is 179 Å². The van der Waals surface area contributed by atoms with Crippen LogP contribution < -0.4 is 15.5 Å². The summed E-state index contributed by atoms with van der Waals surface area (Å²) in [4.78, 5) is 11.2. The molecule has 162 valence electrons. The summed E-state index contributed by atoms with van der Waals surface area (Å²) < 4.78 is 12.2. The lowest BCUT2D eigenvalue weighted by molar-refractivity contribution is 0.0675. The highest BCUT2D eigenvalue weighted by Crippen LogP contribution is 2.29. The number of nitrogens with one attached hydrogen (secondary N) is 2. The van der Waals surface area contributed by atoms with Gasteiger partial charge in [0.1, 0.15) is 12.2 Å². The molecule has 4 atom stereocenters. The summed E-state index contributed by atoms with van der Waals surface area (Å²) in [6.07, 6.45) is 1.85. The second kappa shape index (κ2) is 8.49. The van der Waals surface area contributed by atoms with E-state index in [1.807, 2.05) is 12.3 Å². The fourth-order valence-corrected chi connectivity index (χ4v) is 3.97. The quantitative estimate of drug-likeness (QED) is 0.757. The number of nitrogens with zero attached hydrogens (tertiary/aromatic N) is 3. The van der Waals surface area contributed by atoms with E-state index in [1.54, 1.807) is 0 Å². The molecule has 0 radical (unpaired) electrons. The molecule has 0 unspecified atom stereocenters. The lowest BCUT2D eigenvalue weighted by Gasteiger charge is -2.21. The zero-order valence-corrected chi connectivity index (χ0v) is 18.6. The average molecular weight is 412 g/mol. The molecule has 3 heterocycles. The second-order valence-corrected chi connectivity index (χ2v) is 9.41. The molecule has 0 saturated carbocycles. The van der Waals surface area contributed by atoms with Crippen molar-refractivity contribution in [1.82, 2.24) is 15.3 Å². The normalized spacial score (nSPS) is 25.9. The van der Waals surface area contributed by atoms with Crippen LogP contribution in [-0.4, -0.2) is 61.6 Å². The largest absolute Gasteiger partial charge is 0.378 e. The highest BCUT2D eigenvalue weighted by molar-refractivity contribution is 5.46. The molecule has 0 amide bonds. The van der Waals surface area contributed by atoms with Crippen LogP contribution in [0.25, 0.3) is 0 Å². The minimum Gasteiger partial charge on any atom is -0.378 e. The Morgan fingerprint density at radius 1 is 1.00 bits per heavy atom. The van der Waals surface area contributed by atoms with Gasteiger partial charge in [0, 0.05) is 37.9 Å². The molecule has 2 fully saturated rings. The first-order chi connectivity index (χ1) is 14.3. The minimum atomic E-state index is -0.0162. The number of fused-ring (bicyclic) bond motifs is 1.